The predicted molar refractivity (Wildman–Crippen MR) is 76.6 cm³/mol. The van der Waals surface area contributed by atoms with Gasteiger partial charge in [0.1, 0.15) is 5.75 Å². The number of anilines is 1. The molecular weight excluding hydrogens is 224 g/mol. The van der Waals surface area contributed by atoms with Gasteiger partial charge in [0, 0.05) is 19.1 Å². The second-order valence-corrected chi connectivity index (χ2v) is 5.28. The summed E-state index contributed by atoms with van der Waals surface area (Å²) in [5.74, 6) is 1.64. The zero-order valence-corrected chi connectivity index (χ0v) is 11.9. The van der Waals surface area contributed by atoms with E-state index < -0.39 is 0 Å². The molecule has 2 unspecified atom stereocenters. The Bertz CT molecular complexity index is 405. The molecular formula is C15H24N2O. The third kappa shape index (κ3) is 2.61. The van der Waals surface area contributed by atoms with Gasteiger partial charge in [-0.15, -0.1) is 0 Å². The van der Waals surface area contributed by atoms with Gasteiger partial charge in [-0.25, -0.2) is 0 Å². The van der Waals surface area contributed by atoms with E-state index in [1.54, 1.807) is 7.11 Å². The van der Waals surface area contributed by atoms with Gasteiger partial charge in [-0.3, -0.25) is 0 Å². The molecule has 1 saturated heterocycles. The van der Waals surface area contributed by atoms with Crippen molar-refractivity contribution in [3.63, 3.8) is 0 Å². The van der Waals surface area contributed by atoms with Gasteiger partial charge in [0.25, 0.3) is 0 Å². The number of piperidine rings is 1. The predicted octanol–water partition coefficient (Wildman–Crippen LogP) is 2.44. The molecule has 0 bridgehead atoms. The van der Waals surface area contributed by atoms with Crippen LogP contribution >= 0.6 is 0 Å². The molecule has 3 nitrogen and oxygen atoms in total. The lowest BCUT2D eigenvalue weighted by Gasteiger charge is -2.38. The lowest BCUT2D eigenvalue weighted by atomic mass is 9.93. The van der Waals surface area contributed by atoms with Crippen LogP contribution in [0.3, 0.4) is 0 Å². The topological polar surface area (TPSA) is 24.5 Å². The highest BCUT2D eigenvalue weighted by Gasteiger charge is 2.26. The molecule has 0 aliphatic carbocycles. The molecule has 18 heavy (non-hydrogen) atoms. The van der Waals surface area contributed by atoms with E-state index in [0.717, 1.165) is 18.8 Å². The van der Waals surface area contributed by atoms with Gasteiger partial charge in [0.2, 0.25) is 0 Å². The zero-order valence-electron chi connectivity index (χ0n) is 11.9. The molecule has 1 N–H and O–H groups in total. The van der Waals surface area contributed by atoms with Gasteiger partial charge in [-0.1, -0.05) is 13.0 Å². The smallest absolute Gasteiger partial charge is 0.142 e. The third-order valence-corrected chi connectivity index (χ3v) is 3.95. The highest BCUT2D eigenvalue weighted by atomic mass is 16.5. The van der Waals surface area contributed by atoms with Gasteiger partial charge < -0.3 is 15.0 Å². The normalized spacial score (nSPS) is 24.1. The average molecular weight is 248 g/mol. The fourth-order valence-corrected chi connectivity index (χ4v) is 2.84. The Morgan fingerprint density at radius 2 is 2.17 bits per heavy atom. The Morgan fingerprint density at radius 3 is 2.78 bits per heavy atom. The monoisotopic (exact) mass is 248 g/mol. The summed E-state index contributed by atoms with van der Waals surface area (Å²) < 4.78 is 5.48. The van der Waals surface area contributed by atoms with Crippen molar-refractivity contribution in [2.75, 3.05) is 32.1 Å². The van der Waals surface area contributed by atoms with Gasteiger partial charge in [0.05, 0.1) is 12.8 Å². The van der Waals surface area contributed by atoms with Crippen LogP contribution in [0.4, 0.5) is 5.69 Å². The summed E-state index contributed by atoms with van der Waals surface area (Å²) in [5.41, 5.74) is 2.52. The van der Waals surface area contributed by atoms with Crippen LogP contribution < -0.4 is 15.0 Å². The molecule has 2 atom stereocenters. The van der Waals surface area contributed by atoms with Crippen molar-refractivity contribution < 1.29 is 4.74 Å². The number of ether oxygens (including phenoxy) is 1. The Labute approximate surface area is 110 Å². The molecule has 1 aliphatic heterocycles. The van der Waals surface area contributed by atoms with Crippen LogP contribution in [0.15, 0.2) is 18.2 Å². The minimum Gasteiger partial charge on any atom is -0.495 e. The molecule has 0 spiro atoms. The second-order valence-electron chi connectivity index (χ2n) is 5.28. The highest BCUT2D eigenvalue weighted by Crippen LogP contribution is 2.32. The molecule has 1 fully saturated rings. The van der Waals surface area contributed by atoms with Gasteiger partial charge in [0.15, 0.2) is 0 Å². The maximum absolute atomic E-state index is 5.48. The van der Waals surface area contributed by atoms with Crippen molar-refractivity contribution in [1.29, 1.82) is 0 Å². The van der Waals surface area contributed by atoms with Crippen LogP contribution in [-0.4, -0.2) is 33.3 Å². The van der Waals surface area contributed by atoms with E-state index in [4.69, 9.17) is 4.74 Å². The first-order valence-corrected chi connectivity index (χ1v) is 6.72. The fraction of sp³-hybridized carbons (Fsp3) is 0.600. The molecule has 1 heterocycles. The average Bonchev–Trinajstić information content (AvgIpc) is 2.38. The van der Waals surface area contributed by atoms with E-state index in [2.05, 4.69) is 49.3 Å². The number of nitrogens with zero attached hydrogens (tertiary/aromatic N) is 1. The van der Waals surface area contributed by atoms with Crippen molar-refractivity contribution >= 4 is 5.69 Å². The van der Waals surface area contributed by atoms with Crippen LogP contribution in [0, 0.1) is 12.8 Å². The lowest BCUT2D eigenvalue weighted by molar-refractivity contribution is 0.335. The Hall–Kier alpha value is -1.22. The van der Waals surface area contributed by atoms with Gasteiger partial charge in [-0.05, 0) is 44.0 Å². The first kappa shape index (κ1) is 13.2. The van der Waals surface area contributed by atoms with Crippen molar-refractivity contribution in [1.82, 2.24) is 5.32 Å². The zero-order chi connectivity index (χ0) is 13.1. The van der Waals surface area contributed by atoms with E-state index in [1.807, 2.05) is 0 Å². The van der Waals surface area contributed by atoms with Gasteiger partial charge in [-0.2, -0.15) is 0 Å². The first-order valence-electron chi connectivity index (χ1n) is 6.72. The van der Waals surface area contributed by atoms with E-state index in [9.17, 15) is 0 Å². The Morgan fingerprint density at radius 1 is 1.39 bits per heavy atom. The van der Waals surface area contributed by atoms with Crippen LogP contribution in [0.1, 0.15) is 18.9 Å². The number of benzene rings is 1. The minimum absolute atomic E-state index is 0.636. The number of hydrogen-bond acceptors (Lipinski definition) is 3. The molecule has 2 rings (SSSR count). The highest BCUT2D eigenvalue weighted by molar-refractivity contribution is 5.60. The standard InChI is InChI=1S/C15H24N2O/c1-11-5-6-15(18-4)14(9-11)17-8-7-13(16-3)12(2)10-17/h5-6,9,12-13,16H,7-8,10H2,1-4H3. The van der Waals surface area contributed by atoms with Crippen molar-refractivity contribution in [2.24, 2.45) is 5.92 Å². The van der Waals surface area contributed by atoms with Crippen LogP contribution in [-0.2, 0) is 0 Å². The lowest BCUT2D eigenvalue weighted by Crippen LogP contribution is -2.47. The van der Waals surface area contributed by atoms with Crippen LogP contribution in [0.25, 0.3) is 0 Å². The molecule has 1 aliphatic rings. The Balaban J connectivity index is 2.19. The van der Waals surface area contributed by atoms with Crippen LogP contribution in [0.5, 0.6) is 5.75 Å². The minimum atomic E-state index is 0.636. The summed E-state index contributed by atoms with van der Waals surface area (Å²) in [4.78, 5) is 2.45. The van der Waals surface area contributed by atoms with E-state index >= 15 is 0 Å². The first-order chi connectivity index (χ1) is 8.65. The summed E-state index contributed by atoms with van der Waals surface area (Å²) in [6, 6.07) is 7.04. The van der Waals surface area contributed by atoms with E-state index in [-0.39, 0.29) is 0 Å². The Kier molecular flexibility index (Phi) is 4.12. The van der Waals surface area contributed by atoms with E-state index in [0.29, 0.717) is 12.0 Å². The summed E-state index contributed by atoms with van der Waals surface area (Å²) in [7, 11) is 3.81. The summed E-state index contributed by atoms with van der Waals surface area (Å²) in [6.07, 6.45) is 1.19. The molecule has 3 heteroatoms. The number of rotatable bonds is 3. The number of methoxy groups -OCH3 is 1. The van der Waals surface area contributed by atoms with Crippen molar-refractivity contribution in [3.8, 4) is 5.75 Å². The third-order valence-electron chi connectivity index (χ3n) is 3.95. The van der Waals surface area contributed by atoms with Crippen LogP contribution in [0.2, 0.25) is 0 Å². The molecule has 0 aromatic heterocycles. The second kappa shape index (κ2) is 5.61. The molecule has 0 amide bonds. The quantitative estimate of drug-likeness (QED) is 0.889. The van der Waals surface area contributed by atoms with E-state index in [1.165, 1.54) is 17.7 Å². The van der Waals surface area contributed by atoms with Crippen molar-refractivity contribution in [3.05, 3.63) is 23.8 Å². The van der Waals surface area contributed by atoms with Gasteiger partial charge >= 0.3 is 0 Å². The fourth-order valence-electron chi connectivity index (χ4n) is 2.84. The molecule has 100 valence electrons. The summed E-state index contributed by atoms with van der Waals surface area (Å²) >= 11 is 0. The molecule has 1 aromatic rings. The number of aryl methyl sites for hydroxylation is 1. The molecule has 0 radical (unpaired) electrons. The molecule has 1 aromatic carbocycles. The SMILES string of the molecule is CNC1CCN(c2cc(C)ccc2OC)CC1C. The maximum Gasteiger partial charge on any atom is 0.142 e. The number of nitrogens with one attached hydrogen (secondary N) is 1. The maximum atomic E-state index is 5.48. The largest absolute Gasteiger partial charge is 0.495 e. The number of hydrogen-bond donors (Lipinski definition) is 1. The summed E-state index contributed by atoms with van der Waals surface area (Å²) in [5, 5.41) is 3.41. The molecule has 0 saturated carbocycles. The van der Waals surface area contributed by atoms with Crippen molar-refractivity contribution in [2.45, 2.75) is 26.3 Å². The summed E-state index contributed by atoms with van der Waals surface area (Å²) in [6.45, 7) is 6.63.